The van der Waals surface area contributed by atoms with Crippen molar-refractivity contribution in [1.29, 1.82) is 0 Å². The van der Waals surface area contributed by atoms with Crippen LogP contribution in [-0.4, -0.2) is 42.4 Å². The highest BCUT2D eigenvalue weighted by Gasteiger charge is 2.44. The molecule has 0 bridgehead atoms. The van der Waals surface area contributed by atoms with E-state index in [1.807, 2.05) is 30.3 Å². The minimum Gasteiger partial charge on any atom is -0.355 e. The van der Waals surface area contributed by atoms with E-state index < -0.39 is 7.67 Å². The van der Waals surface area contributed by atoms with E-state index >= 15 is 0 Å². The molecule has 2 rings (SSSR count). The molecule has 0 spiro atoms. The third-order valence-electron chi connectivity index (χ3n) is 3.07. The largest absolute Gasteiger partial charge is 0.355 e. The number of hydrogen-bond acceptors (Lipinski definition) is 3. The van der Waals surface area contributed by atoms with Gasteiger partial charge >= 0.3 is 7.67 Å². The van der Waals surface area contributed by atoms with Gasteiger partial charge in [-0.2, -0.15) is 4.67 Å². The van der Waals surface area contributed by atoms with Crippen LogP contribution in [0.1, 0.15) is 5.56 Å². The van der Waals surface area contributed by atoms with Gasteiger partial charge in [0.15, 0.2) is 0 Å². The number of ether oxygens (including phenoxy) is 1. The fourth-order valence-corrected chi connectivity index (χ4v) is 4.58. The fourth-order valence-electron chi connectivity index (χ4n) is 2.08. The Labute approximate surface area is 135 Å². The van der Waals surface area contributed by atoms with E-state index in [2.05, 4.69) is 5.09 Å². The van der Waals surface area contributed by atoms with Crippen molar-refractivity contribution < 1.29 is 13.8 Å². The maximum atomic E-state index is 12.7. The molecule has 5 nitrogen and oxygen atoms in total. The summed E-state index contributed by atoms with van der Waals surface area (Å²) in [5, 5.41) is 2.86. The van der Waals surface area contributed by atoms with E-state index in [-0.39, 0.29) is 12.8 Å². The third-order valence-corrected chi connectivity index (χ3v) is 5.68. The first kappa shape index (κ1) is 17.2. The average molecular weight is 353 g/mol. The fraction of sp³-hybridized carbons (Fsp3) is 0.538. The lowest BCUT2D eigenvalue weighted by atomic mass is 10.2. The maximum absolute atomic E-state index is 12.7. The average Bonchev–Trinajstić information content (AvgIpc) is 2.82. The minimum atomic E-state index is -3.10. The Kier molecular flexibility index (Phi) is 6.96. The van der Waals surface area contributed by atoms with Gasteiger partial charge in [0.25, 0.3) is 0 Å². The second-order valence-electron chi connectivity index (χ2n) is 4.52. The molecular formula is C13H19Cl2N2O3P. The summed E-state index contributed by atoms with van der Waals surface area (Å²) in [6.07, 6.45) is -0.377. The number of rotatable bonds is 8. The molecule has 1 heterocycles. The highest BCUT2D eigenvalue weighted by atomic mass is 35.5. The van der Waals surface area contributed by atoms with Gasteiger partial charge in [-0.05, 0) is 5.56 Å². The Hall–Kier alpha value is -0.130. The van der Waals surface area contributed by atoms with Gasteiger partial charge in [-0.1, -0.05) is 30.3 Å². The van der Waals surface area contributed by atoms with E-state index in [0.29, 0.717) is 31.5 Å². The number of benzene rings is 1. The van der Waals surface area contributed by atoms with Crippen molar-refractivity contribution in [1.82, 2.24) is 9.76 Å². The quantitative estimate of drug-likeness (QED) is 0.575. The van der Waals surface area contributed by atoms with Crippen LogP contribution >= 0.6 is 30.9 Å². The molecule has 1 aromatic carbocycles. The number of nitrogens with zero attached hydrogens (tertiary/aromatic N) is 1. The van der Waals surface area contributed by atoms with Crippen LogP contribution in [0.5, 0.6) is 0 Å². The Morgan fingerprint density at radius 1 is 1.33 bits per heavy atom. The van der Waals surface area contributed by atoms with Crippen LogP contribution < -0.4 is 5.09 Å². The lowest BCUT2D eigenvalue weighted by molar-refractivity contribution is -0.0261. The SMILES string of the molecule is O=P1(NCCCl)OCC(OCc2ccccc2)N1CCCl. The van der Waals surface area contributed by atoms with E-state index in [1.54, 1.807) is 4.67 Å². The molecule has 1 saturated heterocycles. The molecule has 118 valence electrons. The first-order chi connectivity index (χ1) is 10.2. The van der Waals surface area contributed by atoms with Gasteiger partial charge in [0.05, 0.1) is 13.2 Å². The molecule has 0 aliphatic carbocycles. The van der Waals surface area contributed by atoms with Crippen LogP contribution in [0.15, 0.2) is 30.3 Å². The summed E-state index contributed by atoms with van der Waals surface area (Å²) in [7, 11) is -3.10. The number of halogens is 2. The molecular weight excluding hydrogens is 334 g/mol. The zero-order chi connectivity index (χ0) is 15.1. The van der Waals surface area contributed by atoms with Gasteiger partial charge in [0.2, 0.25) is 0 Å². The molecule has 8 heteroatoms. The molecule has 0 aromatic heterocycles. The maximum Gasteiger partial charge on any atom is 0.345 e. The van der Waals surface area contributed by atoms with Gasteiger partial charge in [-0.25, -0.2) is 5.09 Å². The Morgan fingerprint density at radius 2 is 2.10 bits per heavy atom. The number of hydrogen-bond donors (Lipinski definition) is 1. The third kappa shape index (κ3) is 4.67. The second kappa shape index (κ2) is 8.49. The molecule has 2 unspecified atom stereocenters. The smallest absolute Gasteiger partial charge is 0.345 e. The molecule has 0 radical (unpaired) electrons. The molecule has 1 aromatic rings. The predicted molar refractivity (Wildman–Crippen MR) is 84.7 cm³/mol. The van der Waals surface area contributed by atoms with E-state index in [9.17, 15) is 4.57 Å². The normalized spacial score (nSPS) is 26.3. The van der Waals surface area contributed by atoms with E-state index in [4.69, 9.17) is 32.5 Å². The van der Waals surface area contributed by atoms with Crippen LogP contribution in [0.4, 0.5) is 0 Å². The van der Waals surface area contributed by atoms with Gasteiger partial charge in [0.1, 0.15) is 6.23 Å². The van der Waals surface area contributed by atoms with Crippen molar-refractivity contribution in [3.63, 3.8) is 0 Å². The molecule has 0 saturated carbocycles. The van der Waals surface area contributed by atoms with Crippen molar-refractivity contribution in [2.24, 2.45) is 0 Å². The molecule has 1 aliphatic heterocycles. The van der Waals surface area contributed by atoms with Gasteiger partial charge in [0, 0.05) is 24.8 Å². The summed E-state index contributed by atoms with van der Waals surface area (Å²) in [6, 6.07) is 9.81. The molecule has 1 fully saturated rings. The van der Waals surface area contributed by atoms with Crippen LogP contribution in [0.25, 0.3) is 0 Å². The van der Waals surface area contributed by atoms with Gasteiger partial charge in [-0.3, -0.25) is 4.57 Å². The molecule has 0 amide bonds. The Bertz CT molecular complexity index is 478. The van der Waals surface area contributed by atoms with Crippen LogP contribution in [0, 0.1) is 0 Å². The highest BCUT2D eigenvalue weighted by molar-refractivity contribution is 7.54. The minimum absolute atomic E-state index is 0.246. The predicted octanol–water partition coefficient (Wildman–Crippen LogP) is 3.04. The monoisotopic (exact) mass is 352 g/mol. The first-order valence-corrected chi connectivity index (χ1v) is 9.38. The molecule has 1 aliphatic rings. The van der Waals surface area contributed by atoms with Gasteiger partial charge in [-0.15, -0.1) is 23.2 Å². The zero-order valence-corrected chi connectivity index (χ0v) is 14.0. The summed E-state index contributed by atoms with van der Waals surface area (Å²) in [6.45, 7) is 1.51. The second-order valence-corrected chi connectivity index (χ2v) is 7.40. The summed E-state index contributed by atoms with van der Waals surface area (Å²) in [5.74, 6) is 0.707. The van der Waals surface area contributed by atoms with Crippen LogP contribution in [0.3, 0.4) is 0 Å². The molecule has 1 N–H and O–H groups in total. The molecule has 2 atom stereocenters. The van der Waals surface area contributed by atoms with Crippen LogP contribution in [-0.2, 0) is 20.4 Å². The van der Waals surface area contributed by atoms with Crippen molar-refractivity contribution in [2.45, 2.75) is 12.8 Å². The summed E-state index contributed by atoms with van der Waals surface area (Å²) in [4.78, 5) is 0. The highest BCUT2D eigenvalue weighted by Crippen LogP contribution is 2.53. The number of alkyl halides is 2. The number of nitrogens with one attached hydrogen (secondary N) is 1. The summed E-state index contributed by atoms with van der Waals surface area (Å²) in [5.41, 5.74) is 1.05. The van der Waals surface area contributed by atoms with Crippen molar-refractivity contribution in [2.75, 3.05) is 31.5 Å². The van der Waals surface area contributed by atoms with Crippen molar-refractivity contribution in [3.8, 4) is 0 Å². The summed E-state index contributed by atoms with van der Waals surface area (Å²) >= 11 is 11.4. The lowest BCUT2D eigenvalue weighted by Gasteiger charge is -2.26. The molecule has 21 heavy (non-hydrogen) atoms. The van der Waals surface area contributed by atoms with E-state index in [0.717, 1.165) is 5.56 Å². The Balaban J connectivity index is 1.97. The van der Waals surface area contributed by atoms with E-state index in [1.165, 1.54) is 0 Å². The standard InChI is InChI=1S/C13H19Cl2N2O3P/c14-6-8-16-21(18)17(9-7-15)13(11-20-21)19-10-12-4-2-1-3-5-12/h1-5,13H,6-11H2,(H,16,18). The lowest BCUT2D eigenvalue weighted by Crippen LogP contribution is -2.35. The zero-order valence-electron chi connectivity index (χ0n) is 11.6. The first-order valence-electron chi connectivity index (χ1n) is 6.74. The van der Waals surface area contributed by atoms with Crippen LogP contribution in [0.2, 0.25) is 0 Å². The Morgan fingerprint density at radius 3 is 2.76 bits per heavy atom. The van der Waals surface area contributed by atoms with Crippen molar-refractivity contribution >= 4 is 30.9 Å². The van der Waals surface area contributed by atoms with Crippen molar-refractivity contribution in [3.05, 3.63) is 35.9 Å². The topological polar surface area (TPSA) is 50.8 Å². The summed E-state index contributed by atoms with van der Waals surface area (Å²) < 4.78 is 25.6. The van der Waals surface area contributed by atoms with Gasteiger partial charge < -0.3 is 9.26 Å².